The summed E-state index contributed by atoms with van der Waals surface area (Å²) in [5.74, 6) is 0.993. The lowest BCUT2D eigenvalue weighted by Crippen LogP contribution is -2.31. The Hall–Kier alpha value is -2.32. The predicted molar refractivity (Wildman–Crippen MR) is 83.7 cm³/mol. The molecule has 0 spiro atoms. The Kier molecular flexibility index (Phi) is 5.41. The van der Waals surface area contributed by atoms with Gasteiger partial charge in [-0.3, -0.25) is 10.1 Å². The average molecular weight is 320 g/mol. The first kappa shape index (κ1) is 17.0. The monoisotopic (exact) mass is 320 g/mol. The lowest BCUT2D eigenvalue weighted by atomic mass is 10.0. The Morgan fingerprint density at radius 1 is 1.30 bits per heavy atom. The van der Waals surface area contributed by atoms with E-state index >= 15 is 0 Å². The number of benzene rings is 1. The number of nitrogens with zero attached hydrogens (tertiary/aromatic N) is 3. The van der Waals surface area contributed by atoms with Crippen molar-refractivity contribution < 1.29 is 14.6 Å². The van der Waals surface area contributed by atoms with Crippen molar-refractivity contribution in [2.24, 2.45) is 5.92 Å². The maximum Gasteiger partial charge on any atom is 0.269 e. The summed E-state index contributed by atoms with van der Waals surface area (Å²) in [4.78, 5) is 14.6. The van der Waals surface area contributed by atoms with Crippen molar-refractivity contribution in [3.63, 3.8) is 0 Å². The molecule has 1 aromatic carbocycles. The average Bonchev–Trinajstić information content (AvgIpc) is 2.96. The number of hydrogen-bond acceptors (Lipinski definition) is 7. The van der Waals surface area contributed by atoms with Crippen LogP contribution in [-0.4, -0.2) is 32.8 Å². The normalized spacial score (nSPS) is 14.0. The smallest absolute Gasteiger partial charge is 0.269 e. The standard InChI is InChI=1S/C15H20N4O4/c1-9(2)13(16-8-10(3)20)15-17-14(18-23-15)11-4-6-12(7-5-11)19(21)22/h4-7,9-10,13,16,20H,8H2,1-3H3/t10-,13-/m0/s1. The highest BCUT2D eigenvalue weighted by Crippen LogP contribution is 2.24. The van der Waals surface area contributed by atoms with Crippen LogP contribution < -0.4 is 5.32 Å². The number of rotatable bonds is 7. The van der Waals surface area contributed by atoms with Gasteiger partial charge in [0.05, 0.1) is 17.1 Å². The highest BCUT2D eigenvalue weighted by molar-refractivity contribution is 5.56. The largest absolute Gasteiger partial charge is 0.392 e. The van der Waals surface area contributed by atoms with Gasteiger partial charge in [-0.05, 0) is 25.0 Å². The van der Waals surface area contributed by atoms with Gasteiger partial charge in [0, 0.05) is 24.2 Å². The van der Waals surface area contributed by atoms with E-state index < -0.39 is 11.0 Å². The van der Waals surface area contributed by atoms with Crippen molar-refractivity contribution in [2.45, 2.75) is 32.9 Å². The molecule has 2 rings (SSSR count). The fourth-order valence-electron chi connectivity index (χ4n) is 2.12. The highest BCUT2D eigenvalue weighted by atomic mass is 16.6. The summed E-state index contributed by atoms with van der Waals surface area (Å²) in [5.41, 5.74) is 0.653. The Labute approximate surface area is 133 Å². The van der Waals surface area contributed by atoms with Crippen LogP contribution >= 0.6 is 0 Å². The van der Waals surface area contributed by atoms with Crippen molar-refractivity contribution in [3.8, 4) is 11.4 Å². The first-order valence-corrected chi connectivity index (χ1v) is 7.38. The minimum atomic E-state index is -0.478. The molecular weight excluding hydrogens is 300 g/mol. The zero-order chi connectivity index (χ0) is 17.0. The van der Waals surface area contributed by atoms with Crippen molar-refractivity contribution in [1.82, 2.24) is 15.5 Å². The number of nitrogens with one attached hydrogen (secondary N) is 1. The van der Waals surface area contributed by atoms with Gasteiger partial charge >= 0.3 is 0 Å². The van der Waals surface area contributed by atoms with Gasteiger partial charge in [0.2, 0.25) is 11.7 Å². The zero-order valence-corrected chi connectivity index (χ0v) is 13.3. The number of nitro groups is 1. The van der Waals surface area contributed by atoms with E-state index in [2.05, 4.69) is 15.5 Å². The number of non-ortho nitro benzene ring substituents is 1. The summed E-state index contributed by atoms with van der Waals surface area (Å²) in [6.45, 7) is 6.13. The second-order valence-corrected chi connectivity index (χ2v) is 5.74. The van der Waals surface area contributed by atoms with Gasteiger partial charge in [0.1, 0.15) is 0 Å². The second kappa shape index (κ2) is 7.30. The van der Waals surface area contributed by atoms with Crippen LogP contribution in [0.25, 0.3) is 11.4 Å². The summed E-state index contributed by atoms with van der Waals surface area (Å²) in [5, 5.41) is 27.2. The third kappa shape index (κ3) is 4.33. The molecule has 0 aliphatic heterocycles. The number of aliphatic hydroxyl groups excluding tert-OH is 1. The molecule has 124 valence electrons. The molecule has 1 aromatic heterocycles. The number of aliphatic hydroxyl groups is 1. The molecule has 0 saturated heterocycles. The number of nitro benzene ring substituents is 1. The zero-order valence-electron chi connectivity index (χ0n) is 13.3. The van der Waals surface area contributed by atoms with E-state index in [0.29, 0.717) is 23.8 Å². The van der Waals surface area contributed by atoms with Crippen LogP contribution in [0.3, 0.4) is 0 Å². The molecule has 0 bridgehead atoms. The maximum atomic E-state index is 10.7. The number of aromatic nitrogens is 2. The molecule has 0 radical (unpaired) electrons. The van der Waals surface area contributed by atoms with E-state index in [9.17, 15) is 15.2 Å². The Morgan fingerprint density at radius 3 is 2.48 bits per heavy atom. The van der Waals surface area contributed by atoms with Crippen LogP contribution in [0.5, 0.6) is 0 Å². The fraction of sp³-hybridized carbons (Fsp3) is 0.467. The van der Waals surface area contributed by atoms with Crippen molar-refractivity contribution in [3.05, 3.63) is 40.3 Å². The molecule has 0 aliphatic carbocycles. The molecular formula is C15H20N4O4. The van der Waals surface area contributed by atoms with E-state index in [1.54, 1.807) is 19.1 Å². The summed E-state index contributed by atoms with van der Waals surface area (Å²) in [6, 6.07) is 5.79. The molecule has 2 N–H and O–H groups in total. The maximum absolute atomic E-state index is 10.7. The van der Waals surface area contributed by atoms with Crippen LogP contribution in [0.1, 0.15) is 32.7 Å². The fourth-order valence-corrected chi connectivity index (χ4v) is 2.12. The van der Waals surface area contributed by atoms with Gasteiger partial charge < -0.3 is 14.9 Å². The van der Waals surface area contributed by atoms with Crippen molar-refractivity contribution >= 4 is 5.69 Å². The Balaban J connectivity index is 2.19. The van der Waals surface area contributed by atoms with Gasteiger partial charge in [-0.25, -0.2) is 0 Å². The van der Waals surface area contributed by atoms with Gasteiger partial charge in [0.15, 0.2) is 0 Å². The van der Waals surface area contributed by atoms with E-state index in [0.717, 1.165) is 0 Å². The van der Waals surface area contributed by atoms with Gasteiger partial charge in [-0.15, -0.1) is 0 Å². The van der Waals surface area contributed by atoms with Gasteiger partial charge in [0.25, 0.3) is 5.69 Å². The minimum absolute atomic E-state index is 0.0103. The lowest BCUT2D eigenvalue weighted by molar-refractivity contribution is -0.384. The summed E-state index contributed by atoms with van der Waals surface area (Å²) in [7, 11) is 0. The number of hydrogen-bond donors (Lipinski definition) is 2. The van der Waals surface area contributed by atoms with E-state index in [1.165, 1.54) is 12.1 Å². The molecule has 8 nitrogen and oxygen atoms in total. The summed E-state index contributed by atoms with van der Waals surface area (Å²) >= 11 is 0. The first-order chi connectivity index (χ1) is 10.9. The molecule has 0 amide bonds. The quantitative estimate of drug-likeness (QED) is 0.594. The van der Waals surface area contributed by atoms with Gasteiger partial charge in [-0.1, -0.05) is 19.0 Å². The van der Waals surface area contributed by atoms with Crippen LogP contribution in [0, 0.1) is 16.0 Å². The SMILES string of the molecule is CC(C)[C@H](NC[C@H](C)O)c1nc(-c2ccc([N+](=O)[O-])cc2)no1. The third-order valence-electron chi connectivity index (χ3n) is 3.34. The topological polar surface area (TPSA) is 114 Å². The van der Waals surface area contributed by atoms with Crippen LogP contribution in [-0.2, 0) is 0 Å². The van der Waals surface area contributed by atoms with Crippen molar-refractivity contribution in [1.29, 1.82) is 0 Å². The summed E-state index contributed by atoms with van der Waals surface area (Å²) in [6.07, 6.45) is -0.478. The van der Waals surface area contributed by atoms with Crippen molar-refractivity contribution in [2.75, 3.05) is 6.54 Å². The van der Waals surface area contributed by atoms with E-state index in [4.69, 9.17) is 4.52 Å². The molecule has 0 fully saturated rings. The van der Waals surface area contributed by atoms with Crippen LogP contribution in [0.2, 0.25) is 0 Å². The molecule has 1 heterocycles. The predicted octanol–water partition coefficient (Wildman–Crippen LogP) is 2.31. The Morgan fingerprint density at radius 2 is 1.96 bits per heavy atom. The third-order valence-corrected chi connectivity index (χ3v) is 3.34. The molecule has 2 atom stereocenters. The van der Waals surface area contributed by atoms with Crippen LogP contribution in [0.4, 0.5) is 5.69 Å². The minimum Gasteiger partial charge on any atom is -0.392 e. The molecule has 0 saturated carbocycles. The second-order valence-electron chi connectivity index (χ2n) is 5.74. The molecule has 0 aliphatic rings. The lowest BCUT2D eigenvalue weighted by Gasteiger charge is -2.19. The molecule has 2 aromatic rings. The highest BCUT2D eigenvalue weighted by Gasteiger charge is 2.23. The first-order valence-electron chi connectivity index (χ1n) is 7.38. The molecule has 8 heteroatoms. The molecule has 0 unspecified atom stereocenters. The summed E-state index contributed by atoms with van der Waals surface area (Å²) < 4.78 is 5.31. The van der Waals surface area contributed by atoms with Crippen LogP contribution in [0.15, 0.2) is 28.8 Å². The van der Waals surface area contributed by atoms with E-state index in [-0.39, 0.29) is 17.6 Å². The Bertz CT molecular complexity index is 652. The molecule has 23 heavy (non-hydrogen) atoms. The van der Waals surface area contributed by atoms with E-state index in [1.807, 2.05) is 13.8 Å². The van der Waals surface area contributed by atoms with Gasteiger partial charge in [-0.2, -0.15) is 4.98 Å².